The average molecular weight is 290 g/mol. The van der Waals surface area contributed by atoms with E-state index in [0.717, 1.165) is 36.0 Å². The quantitative estimate of drug-likeness (QED) is 0.387. The van der Waals surface area contributed by atoms with Gasteiger partial charge in [0.25, 0.3) is 0 Å². The summed E-state index contributed by atoms with van der Waals surface area (Å²) in [6, 6.07) is 1.90. The van der Waals surface area contributed by atoms with Gasteiger partial charge in [0, 0.05) is 19.3 Å². The van der Waals surface area contributed by atoms with E-state index in [-0.39, 0.29) is 5.84 Å². The van der Waals surface area contributed by atoms with E-state index in [4.69, 9.17) is 10.9 Å². The number of oxime groups is 1. The number of pyridine rings is 1. The average Bonchev–Trinajstić information content (AvgIpc) is 2.72. The zero-order chi connectivity index (χ0) is 15.2. The number of anilines is 1. The maximum atomic E-state index is 9.02. The zero-order valence-electron chi connectivity index (χ0n) is 13.0. The minimum absolute atomic E-state index is 0.143. The molecule has 0 aliphatic carbocycles. The van der Waals surface area contributed by atoms with E-state index in [1.165, 1.54) is 32.1 Å². The molecule has 0 radical (unpaired) electrons. The molecule has 3 N–H and O–H groups in total. The van der Waals surface area contributed by atoms with Gasteiger partial charge in [-0.05, 0) is 43.7 Å². The van der Waals surface area contributed by atoms with Crippen LogP contribution in [0.4, 0.5) is 5.82 Å². The Morgan fingerprint density at radius 1 is 1.48 bits per heavy atom. The summed E-state index contributed by atoms with van der Waals surface area (Å²) in [5.41, 5.74) is 7.60. The molecule has 1 aromatic rings. The highest BCUT2D eigenvalue weighted by Crippen LogP contribution is 2.27. The second-order valence-electron chi connectivity index (χ2n) is 5.88. The molecule has 1 unspecified atom stereocenters. The van der Waals surface area contributed by atoms with Crippen molar-refractivity contribution in [3.05, 3.63) is 23.4 Å². The van der Waals surface area contributed by atoms with Crippen LogP contribution in [0.2, 0.25) is 0 Å². The van der Waals surface area contributed by atoms with Crippen LogP contribution in [-0.2, 0) is 0 Å². The van der Waals surface area contributed by atoms with Crippen molar-refractivity contribution >= 4 is 11.7 Å². The minimum Gasteiger partial charge on any atom is -0.409 e. The Labute approximate surface area is 126 Å². The van der Waals surface area contributed by atoms with Crippen LogP contribution in [-0.4, -0.2) is 29.1 Å². The molecule has 0 amide bonds. The maximum absolute atomic E-state index is 9.02. The molecule has 0 saturated carbocycles. The molecule has 0 bridgehead atoms. The van der Waals surface area contributed by atoms with Crippen LogP contribution in [0.15, 0.2) is 17.4 Å². The fraction of sp³-hybridized carbons (Fsp3) is 0.625. The number of aryl methyl sites for hydroxylation is 1. The summed E-state index contributed by atoms with van der Waals surface area (Å²) in [4.78, 5) is 6.79. The molecule has 1 aliphatic heterocycles. The highest BCUT2D eigenvalue weighted by molar-refractivity contribution is 6.02. The molecule has 0 spiro atoms. The van der Waals surface area contributed by atoms with E-state index in [1.54, 1.807) is 6.20 Å². The van der Waals surface area contributed by atoms with Crippen molar-refractivity contribution in [1.82, 2.24) is 4.98 Å². The smallest absolute Gasteiger partial charge is 0.174 e. The monoisotopic (exact) mass is 290 g/mol. The standard InChI is InChI=1S/C16H26N4O/c1-3-5-13-6-4-10-20(11-8-13)16-14(15(17)19-21)12(2)7-9-18-16/h7,9,13,21H,3-6,8,10-11H2,1-2H3,(H2,17,19). The van der Waals surface area contributed by atoms with Gasteiger partial charge in [-0.15, -0.1) is 0 Å². The third-order valence-electron chi connectivity index (χ3n) is 4.35. The molecule has 1 aromatic heterocycles. The van der Waals surface area contributed by atoms with Crippen LogP contribution in [0.25, 0.3) is 0 Å². The second-order valence-corrected chi connectivity index (χ2v) is 5.88. The third-order valence-corrected chi connectivity index (χ3v) is 4.35. The lowest BCUT2D eigenvalue weighted by molar-refractivity contribution is 0.318. The number of nitrogens with zero attached hydrogens (tertiary/aromatic N) is 3. The second kappa shape index (κ2) is 7.29. The van der Waals surface area contributed by atoms with Gasteiger partial charge in [0.2, 0.25) is 0 Å². The van der Waals surface area contributed by atoms with Crippen LogP contribution in [0, 0.1) is 12.8 Å². The van der Waals surface area contributed by atoms with Gasteiger partial charge < -0.3 is 15.8 Å². The summed E-state index contributed by atoms with van der Waals surface area (Å²) in [7, 11) is 0. The van der Waals surface area contributed by atoms with Crippen molar-refractivity contribution in [3.63, 3.8) is 0 Å². The fourth-order valence-electron chi connectivity index (χ4n) is 3.22. The molecule has 2 rings (SSSR count). The van der Waals surface area contributed by atoms with Crippen molar-refractivity contribution in [3.8, 4) is 0 Å². The van der Waals surface area contributed by atoms with Crippen LogP contribution < -0.4 is 10.6 Å². The van der Waals surface area contributed by atoms with Gasteiger partial charge in [-0.3, -0.25) is 0 Å². The van der Waals surface area contributed by atoms with E-state index in [9.17, 15) is 0 Å². The molecule has 5 heteroatoms. The predicted octanol–water partition coefficient (Wildman–Crippen LogP) is 2.89. The molecule has 0 aromatic carbocycles. The Morgan fingerprint density at radius 3 is 3.00 bits per heavy atom. The number of hydrogen-bond donors (Lipinski definition) is 2. The molecular formula is C16H26N4O. The largest absolute Gasteiger partial charge is 0.409 e. The number of nitrogens with two attached hydrogens (primary N) is 1. The van der Waals surface area contributed by atoms with Gasteiger partial charge in [0.05, 0.1) is 5.56 Å². The molecule has 21 heavy (non-hydrogen) atoms. The number of aromatic nitrogens is 1. The Kier molecular flexibility index (Phi) is 5.42. The maximum Gasteiger partial charge on any atom is 0.174 e. The van der Waals surface area contributed by atoms with Crippen molar-refractivity contribution in [2.24, 2.45) is 16.8 Å². The highest BCUT2D eigenvalue weighted by Gasteiger charge is 2.21. The molecule has 116 valence electrons. The van der Waals surface area contributed by atoms with Gasteiger partial charge in [0.1, 0.15) is 5.82 Å². The molecule has 1 atom stereocenters. The summed E-state index contributed by atoms with van der Waals surface area (Å²) in [6.45, 7) is 6.20. The number of amidine groups is 1. The number of hydrogen-bond acceptors (Lipinski definition) is 4. The summed E-state index contributed by atoms with van der Waals surface area (Å²) in [5, 5.41) is 12.2. The van der Waals surface area contributed by atoms with Gasteiger partial charge in [-0.2, -0.15) is 0 Å². The van der Waals surface area contributed by atoms with E-state index in [2.05, 4.69) is 22.0 Å². The van der Waals surface area contributed by atoms with E-state index in [1.807, 2.05) is 13.0 Å². The van der Waals surface area contributed by atoms with E-state index in [0.29, 0.717) is 0 Å². The van der Waals surface area contributed by atoms with Crippen LogP contribution in [0.1, 0.15) is 50.2 Å². The highest BCUT2D eigenvalue weighted by atomic mass is 16.4. The Bertz CT molecular complexity index is 501. The molecule has 1 fully saturated rings. The predicted molar refractivity (Wildman–Crippen MR) is 85.9 cm³/mol. The lowest BCUT2D eigenvalue weighted by Crippen LogP contribution is -2.29. The van der Waals surface area contributed by atoms with Crippen LogP contribution in [0.5, 0.6) is 0 Å². The Hall–Kier alpha value is -1.78. The summed E-state index contributed by atoms with van der Waals surface area (Å²) < 4.78 is 0. The first-order chi connectivity index (χ1) is 10.2. The minimum atomic E-state index is 0.143. The van der Waals surface area contributed by atoms with Crippen molar-refractivity contribution in [2.75, 3.05) is 18.0 Å². The molecular weight excluding hydrogens is 264 g/mol. The molecule has 1 saturated heterocycles. The summed E-state index contributed by atoms with van der Waals surface area (Å²) in [6.07, 6.45) is 8.02. The first-order valence-electron chi connectivity index (χ1n) is 7.85. The van der Waals surface area contributed by atoms with E-state index < -0.39 is 0 Å². The number of rotatable bonds is 4. The lowest BCUT2D eigenvalue weighted by atomic mass is 9.96. The summed E-state index contributed by atoms with van der Waals surface area (Å²) in [5.74, 6) is 1.81. The topological polar surface area (TPSA) is 74.7 Å². The lowest BCUT2D eigenvalue weighted by Gasteiger charge is -2.24. The van der Waals surface area contributed by atoms with Crippen LogP contribution in [0.3, 0.4) is 0 Å². The van der Waals surface area contributed by atoms with Crippen molar-refractivity contribution in [2.45, 2.75) is 46.0 Å². The molecule has 5 nitrogen and oxygen atoms in total. The Morgan fingerprint density at radius 2 is 2.29 bits per heavy atom. The van der Waals surface area contributed by atoms with Crippen LogP contribution >= 0.6 is 0 Å². The SMILES string of the molecule is CCCC1CCCN(c2nccc(C)c2/C(N)=N/O)CC1. The molecule has 2 heterocycles. The van der Waals surface area contributed by atoms with Gasteiger partial charge >= 0.3 is 0 Å². The van der Waals surface area contributed by atoms with Gasteiger partial charge in [0.15, 0.2) is 5.84 Å². The first-order valence-corrected chi connectivity index (χ1v) is 7.85. The van der Waals surface area contributed by atoms with Crippen molar-refractivity contribution < 1.29 is 5.21 Å². The van der Waals surface area contributed by atoms with Gasteiger partial charge in [-0.25, -0.2) is 4.98 Å². The molecule has 1 aliphatic rings. The van der Waals surface area contributed by atoms with E-state index >= 15 is 0 Å². The first kappa shape index (κ1) is 15.6. The zero-order valence-corrected chi connectivity index (χ0v) is 13.0. The van der Waals surface area contributed by atoms with Crippen molar-refractivity contribution in [1.29, 1.82) is 0 Å². The Balaban J connectivity index is 2.24. The third kappa shape index (κ3) is 3.65. The summed E-state index contributed by atoms with van der Waals surface area (Å²) >= 11 is 0. The fourth-order valence-corrected chi connectivity index (χ4v) is 3.22. The normalized spacial score (nSPS) is 20.4. The van der Waals surface area contributed by atoms with Gasteiger partial charge in [-0.1, -0.05) is 24.9 Å².